The van der Waals surface area contributed by atoms with Gasteiger partial charge in [-0.15, -0.1) is 11.3 Å². The molecule has 0 aliphatic carbocycles. The van der Waals surface area contributed by atoms with E-state index in [0.29, 0.717) is 6.04 Å². The van der Waals surface area contributed by atoms with Crippen molar-refractivity contribution in [3.05, 3.63) is 28.5 Å². The number of amides is 1. The highest BCUT2D eigenvalue weighted by Gasteiger charge is 2.20. The summed E-state index contributed by atoms with van der Waals surface area (Å²) in [6.07, 6.45) is 7.14. The molecule has 0 radical (unpaired) electrons. The summed E-state index contributed by atoms with van der Waals surface area (Å²) in [4.78, 5) is 15.1. The number of nitrogens with zero attached hydrogens (tertiary/aromatic N) is 1. The Bertz CT molecular complexity index is 369. The first-order valence-corrected chi connectivity index (χ1v) is 6.67. The van der Waals surface area contributed by atoms with Crippen molar-refractivity contribution in [3.8, 4) is 0 Å². The van der Waals surface area contributed by atoms with Gasteiger partial charge in [-0.3, -0.25) is 4.79 Å². The van der Waals surface area contributed by atoms with Gasteiger partial charge in [-0.2, -0.15) is 0 Å². The molecule has 2 nitrogen and oxygen atoms in total. The van der Waals surface area contributed by atoms with Crippen LogP contribution >= 0.6 is 11.3 Å². The topological polar surface area (TPSA) is 20.3 Å². The van der Waals surface area contributed by atoms with E-state index in [0.717, 1.165) is 24.3 Å². The molecule has 0 bridgehead atoms. The zero-order valence-corrected chi connectivity index (χ0v) is 10.4. The first kappa shape index (κ1) is 11.4. The molecule has 1 saturated heterocycles. The van der Waals surface area contributed by atoms with Gasteiger partial charge in [0.15, 0.2) is 0 Å². The Morgan fingerprint density at radius 3 is 3.12 bits per heavy atom. The van der Waals surface area contributed by atoms with E-state index in [-0.39, 0.29) is 5.91 Å². The standard InChI is InChI=1S/C13H17NOS/c1-11-5-2-3-9-14(11)13(15)8-7-12-6-4-10-16-12/h4,6-8,10-11H,2-3,5,9H2,1H3. The average Bonchev–Trinajstić information content (AvgIpc) is 2.79. The molecule has 1 aromatic rings. The molecule has 3 heteroatoms. The van der Waals surface area contributed by atoms with E-state index >= 15 is 0 Å². The van der Waals surface area contributed by atoms with Crippen LogP contribution in [0, 0.1) is 0 Å². The molecule has 1 amide bonds. The normalized spacial score (nSPS) is 21.6. The van der Waals surface area contributed by atoms with E-state index in [1.807, 2.05) is 28.5 Å². The molecule has 86 valence electrons. The third kappa shape index (κ3) is 2.73. The number of thiophene rings is 1. The zero-order valence-electron chi connectivity index (χ0n) is 9.56. The number of piperidine rings is 1. The number of hydrogen-bond acceptors (Lipinski definition) is 2. The van der Waals surface area contributed by atoms with Gasteiger partial charge in [0, 0.05) is 23.5 Å². The van der Waals surface area contributed by atoms with Crippen molar-refractivity contribution in [1.82, 2.24) is 4.90 Å². The molecule has 1 aliphatic rings. The van der Waals surface area contributed by atoms with E-state index in [2.05, 4.69) is 6.92 Å². The van der Waals surface area contributed by atoms with Gasteiger partial charge in [0.2, 0.25) is 5.91 Å². The van der Waals surface area contributed by atoms with E-state index < -0.39 is 0 Å². The van der Waals surface area contributed by atoms with E-state index in [4.69, 9.17) is 0 Å². The molecule has 0 spiro atoms. The van der Waals surface area contributed by atoms with Crippen molar-refractivity contribution >= 4 is 23.3 Å². The molecule has 0 aromatic carbocycles. The Morgan fingerprint density at radius 2 is 2.44 bits per heavy atom. The molecule has 1 atom stereocenters. The average molecular weight is 235 g/mol. The fraction of sp³-hybridized carbons (Fsp3) is 0.462. The van der Waals surface area contributed by atoms with Crippen LogP contribution in [0.1, 0.15) is 31.1 Å². The predicted molar refractivity (Wildman–Crippen MR) is 68.4 cm³/mol. The molecule has 1 aliphatic heterocycles. The van der Waals surface area contributed by atoms with Gasteiger partial charge in [0.05, 0.1) is 0 Å². The second-order valence-corrected chi connectivity index (χ2v) is 5.20. The maximum Gasteiger partial charge on any atom is 0.246 e. The fourth-order valence-corrected chi connectivity index (χ4v) is 2.68. The number of hydrogen-bond donors (Lipinski definition) is 0. The maximum atomic E-state index is 11.9. The van der Waals surface area contributed by atoms with E-state index in [1.165, 1.54) is 6.42 Å². The molecule has 2 rings (SSSR count). The summed E-state index contributed by atoms with van der Waals surface area (Å²) in [6.45, 7) is 3.05. The summed E-state index contributed by atoms with van der Waals surface area (Å²) in [6, 6.07) is 4.42. The molecule has 2 heterocycles. The second-order valence-electron chi connectivity index (χ2n) is 4.23. The number of likely N-dealkylation sites (tertiary alicyclic amines) is 1. The lowest BCUT2D eigenvalue weighted by atomic mass is 10.0. The van der Waals surface area contributed by atoms with Crippen LogP contribution in [0.4, 0.5) is 0 Å². The van der Waals surface area contributed by atoms with Gasteiger partial charge in [-0.1, -0.05) is 6.07 Å². The molecular formula is C13H17NOS. The summed E-state index contributed by atoms with van der Waals surface area (Å²) < 4.78 is 0. The van der Waals surface area contributed by atoms with Crippen LogP contribution < -0.4 is 0 Å². The molecule has 0 saturated carbocycles. The lowest BCUT2D eigenvalue weighted by Crippen LogP contribution is -2.41. The minimum absolute atomic E-state index is 0.153. The van der Waals surface area contributed by atoms with E-state index in [1.54, 1.807) is 17.4 Å². The quantitative estimate of drug-likeness (QED) is 0.721. The Labute approximate surface area is 101 Å². The molecule has 1 aromatic heterocycles. The van der Waals surface area contributed by atoms with Gasteiger partial charge in [0.25, 0.3) is 0 Å². The molecular weight excluding hydrogens is 218 g/mol. The number of carbonyl (C=O) groups is 1. The van der Waals surface area contributed by atoms with Crippen molar-refractivity contribution < 1.29 is 4.79 Å². The van der Waals surface area contributed by atoms with Crippen LogP contribution in [-0.4, -0.2) is 23.4 Å². The van der Waals surface area contributed by atoms with Crippen LogP contribution in [0.2, 0.25) is 0 Å². The lowest BCUT2D eigenvalue weighted by Gasteiger charge is -2.32. The van der Waals surface area contributed by atoms with Gasteiger partial charge in [-0.05, 0) is 43.7 Å². The van der Waals surface area contributed by atoms with Gasteiger partial charge in [-0.25, -0.2) is 0 Å². The number of carbonyl (C=O) groups excluding carboxylic acids is 1. The van der Waals surface area contributed by atoms with Gasteiger partial charge >= 0.3 is 0 Å². The van der Waals surface area contributed by atoms with Crippen LogP contribution in [-0.2, 0) is 4.79 Å². The fourth-order valence-electron chi connectivity index (χ4n) is 2.06. The minimum Gasteiger partial charge on any atom is -0.336 e. The van der Waals surface area contributed by atoms with Gasteiger partial charge < -0.3 is 4.90 Å². The largest absolute Gasteiger partial charge is 0.336 e. The highest BCUT2D eigenvalue weighted by molar-refractivity contribution is 7.10. The Hall–Kier alpha value is -1.09. The summed E-state index contributed by atoms with van der Waals surface area (Å²) in [7, 11) is 0. The zero-order chi connectivity index (χ0) is 11.4. The number of rotatable bonds is 2. The van der Waals surface area contributed by atoms with Crippen molar-refractivity contribution in [2.45, 2.75) is 32.2 Å². The predicted octanol–water partition coefficient (Wildman–Crippen LogP) is 3.16. The molecule has 1 fully saturated rings. The van der Waals surface area contributed by atoms with Crippen LogP contribution in [0.3, 0.4) is 0 Å². The molecule has 0 N–H and O–H groups in total. The first-order chi connectivity index (χ1) is 7.77. The third-order valence-electron chi connectivity index (χ3n) is 3.02. The summed E-state index contributed by atoms with van der Waals surface area (Å²) >= 11 is 1.65. The Kier molecular flexibility index (Phi) is 3.78. The van der Waals surface area contributed by atoms with Crippen molar-refractivity contribution in [1.29, 1.82) is 0 Å². The molecule has 1 unspecified atom stereocenters. The van der Waals surface area contributed by atoms with Crippen LogP contribution in [0.25, 0.3) is 6.08 Å². The second kappa shape index (κ2) is 5.30. The Balaban J connectivity index is 1.97. The van der Waals surface area contributed by atoms with E-state index in [9.17, 15) is 4.79 Å². The summed E-state index contributed by atoms with van der Waals surface area (Å²) in [5.41, 5.74) is 0. The van der Waals surface area contributed by atoms with Crippen molar-refractivity contribution in [2.75, 3.05) is 6.54 Å². The smallest absolute Gasteiger partial charge is 0.246 e. The van der Waals surface area contributed by atoms with Crippen molar-refractivity contribution in [3.63, 3.8) is 0 Å². The van der Waals surface area contributed by atoms with Gasteiger partial charge in [0.1, 0.15) is 0 Å². The highest BCUT2D eigenvalue weighted by Crippen LogP contribution is 2.17. The SMILES string of the molecule is CC1CCCCN1C(=O)C=Cc1cccs1. The molecule has 16 heavy (non-hydrogen) atoms. The monoisotopic (exact) mass is 235 g/mol. The minimum atomic E-state index is 0.153. The third-order valence-corrected chi connectivity index (χ3v) is 3.86. The van der Waals surface area contributed by atoms with Crippen molar-refractivity contribution in [2.24, 2.45) is 0 Å². The van der Waals surface area contributed by atoms with Crippen LogP contribution in [0.5, 0.6) is 0 Å². The first-order valence-electron chi connectivity index (χ1n) is 5.79. The lowest BCUT2D eigenvalue weighted by molar-refractivity contribution is -0.129. The van der Waals surface area contributed by atoms with Crippen LogP contribution in [0.15, 0.2) is 23.6 Å². The summed E-state index contributed by atoms with van der Waals surface area (Å²) in [5.74, 6) is 0.153. The Morgan fingerprint density at radius 1 is 1.56 bits per heavy atom. The maximum absolute atomic E-state index is 11.9. The summed E-state index contributed by atoms with van der Waals surface area (Å²) in [5, 5.41) is 2.02. The highest BCUT2D eigenvalue weighted by atomic mass is 32.1.